The van der Waals surface area contributed by atoms with Crippen LogP contribution in [-0.2, 0) is 16.0 Å². The Kier molecular flexibility index (Phi) is 5.76. The molecule has 31 heavy (non-hydrogen) atoms. The van der Waals surface area contributed by atoms with E-state index < -0.39 is 0 Å². The number of carbonyl (C=O) groups excluding carboxylic acids is 2. The average molecular weight is 425 g/mol. The van der Waals surface area contributed by atoms with Gasteiger partial charge in [0.05, 0.1) is 5.92 Å². The van der Waals surface area contributed by atoms with Crippen LogP contribution in [0.2, 0.25) is 0 Å². The zero-order chi connectivity index (χ0) is 22.1. The van der Waals surface area contributed by atoms with Crippen LogP contribution in [0.4, 0.5) is 8.78 Å². The van der Waals surface area contributed by atoms with Gasteiger partial charge in [0.25, 0.3) is 0 Å². The maximum absolute atomic E-state index is 13.9. The molecule has 1 atom stereocenters. The molecule has 4 rings (SSSR count). The van der Waals surface area contributed by atoms with Crippen LogP contribution < -0.4 is 0 Å². The van der Waals surface area contributed by atoms with Gasteiger partial charge in [0, 0.05) is 50.2 Å². The smallest absolute Gasteiger partial charge is 0.227 e. The lowest BCUT2D eigenvalue weighted by atomic mass is 10.0. The first kappa shape index (κ1) is 21.0. The minimum Gasteiger partial charge on any atom is -0.354 e. The van der Waals surface area contributed by atoms with Crippen molar-refractivity contribution in [3.63, 3.8) is 0 Å². The van der Waals surface area contributed by atoms with Crippen LogP contribution >= 0.6 is 0 Å². The molecule has 0 radical (unpaired) electrons. The number of benzene rings is 2. The number of hydrogen-bond donors (Lipinski definition) is 1. The van der Waals surface area contributed by atoms with Crippen molar-refractivity contribution >= 4 is 22.7 Å². The highest BCUT2D eigenvalue weighted by Crippen LogP contribution is 2.32. The summed E-state index contributed by atoms with van der Waals surface area (Å²) in [5.41, 5.74) is 3.13. The summed E-state index contributed by atoms with van der Waals surface area (Å²) < 4.78 is 27.3. The number of rotatable bonds is 5. The Balaban J connectivity index is 1.56. The number of amides is 2. The Labute approximate surface area is 179 Å². The topological polar surface area (TPSA) is 56.4 Å². The predicted octanol–water partition coefficient (Wildman–Crippen LogP) is 3.98. The first-order valence-corrected chi connectivity index (χ1v) is 10.4. The molecule has 0 saturated carbocycles. The number of aromatic amines is 1. The molecular formula is C24H25F2N3O2. The third kappa shape index (κ3) is 4.31. The van der Waals surface area contributed by atoms with Crippen LogP contribution in [-0.4, -0.2) is 53.8 Å². The number of nitrogens with one attached hydrogen (secondary N) is 1. The Morgan fingerprint density at radius 1 is 1.10 bits per heavy atom. The van der Waals surface area contributed by atoms with Crippen molar-refractivity contribution in [2.45, 2.75) is 19.3 Å². The van der Waals surface area contributed by atoms with Crippen molar-refractivity contribution in [3.8, 4) is 11.3 Å². The highest BCUT2D eigenvalue weighted by Gasteiger charge is 2.31. The number of carbonyl (C=O) groups is 2. The summed E-state index contributed by atoms with van der Waals surface area (Å²) in [7, 11) is 3.44. The largest absolute Gasteiger partial charge is 0.354 e. The van der Waals surface area contributed by atoms with Crippen LogP contribution in [0.1, 0.15) is 18.4 Å². The van der Waals surface area contributed by atoms with Crippen LogP contribution in [0.3, 0.4) is 0 Å². The summed E-state index contributed by atoms with van der Waals surface area (Å²) in [5, 5.41) is 0.717. The Hall–Kier alpha value is -3.22. The van der Waals surface area contributed by atoms with Gasteiger partial charge in [-0.2, -0.15) is 0 Å². The molecule has 7 heteroatoms. The van der Waals surface area contributed by atoms with E-state index in [-0.39, 0.29) is 35.8 Å². The number of hydrogen-bond acceptors (Lipinski definition) is 2. The van der Waals surface area contributed by atoms with Gasteiger partial charge in [-0.25, -0.2) is 8.78 Å². The molecule has 162 valence electrons. The molecule has 1 saturated heterocycles. The van der Waals surface area contributed by atoms with Gasteiger partial charge >= 0.3 is 0 Å². The molecule has 1 unspecified atom stereocenters. The normalized spacial score (nSPS) is 16.1. The molecule has 5 nitrogen and oxygen atoms in total. The minimum absolute atomic E-state index is 0.0233. The average Bonchev–Trinajstić information content (AvgIpc) is 3.37. The second-order valence-electron chi connectivity index (χ2n) is 8.23. The maximum Gasteiger partial charge on any atom is 0.227 e. The fraction of sp³-hybridized carbons (Fsp3) is 0.333. The van der Waals surface area contributed by atoms with E-state index in [2.05, 4.69) is 4.98 Å². The molecule has 0 bridgehead atoms. The molecule has 1 aliphatic heterocycles. The molecule has 1 aromatic heterocycles. The molecule has 2 amide bonds. The molecule has 0 aliphatic carbocycles. The summed E-state index contributed by atoms with van der Waals surface area (Å²) in [5.74, 6) is -0.824. The van der Waals surface area contributed by atoms with Crippen molar-refractivity contribution in [1.29, 1.82) is 0 Å². The van der Waals surface area contributed by atoms with E-state index >= 15 is 0 Å². The highest BCUT2D eigenvalue weighted by atomic mass is 19.1. The second kappa shape index (κ2) is 8.49. The molecule has 2 heterocycles. The van der Waals surface area contributed by atoms with E-state index in [4.69, 9.17) is 0 Å². The Morgan fingerprint density at radius 2 is 1.81 bits per heavy atom. The van der Waals surface area contributed by atoms with Gasteiger partial charge in [0.2, 0.25) is 11.8 Å². The van der Waals surface area contributed by atoms with Crippen molar-refractivity contribution in [3.05, 3.63) is 59.7 Å². The molecular weight excluding hydrogens is 400 g/mol. The third-order valence-corrected chi connectivity index (χ3v) is 5.92. The summed E-state index contributed by atoms with van der Waals surface area (Å²) in [6.07, 6.45) is 1.33. The van der Waals surface area contributed by atoms with Crippen LogP contribution in [0, 0.1) is 17.6 Å². The lowest BCUT2D eigenvalue weighted by Crippen LogP contribution is -2.34. The fourth-order valence-corrected chi connectivity index (χ4v) is 4.29. The van der Waals surface area contributed by atoms with Gasteiger partial charge in [-0.15, -0.1) is 0 Å². The summed E-state index contributed by atoms with van der Waals surface area (Å²) in [6.45, 7) is 1.000. The Morgan fingerprint density at radius 3 is 2.52 bits per heavy atom. The fourth-order valence-electron chi connectivity index (χ4n) is 4.29. The quantitative estimate of drug-likeness (QED) is 0.672. The lowest BCUT2D eigenvalue weighted by molar-refractivity contribution is -0.133. The monoisotopic (exact) mass is 425 g/mol. The number of nitrogens with zero attached hydrogens (tertiary/aromatic N) is 2. The van der Waals surface area contributed by atoms with E-state index in [1.807, 2.05) is 0 Å². The van der Waals surface area contributed by atoms with E-state index in [1.54, 1.807) is 42.1 Å². The Bertz CT molecular complexity index is 1120. The van der Waals surface area contributed by atoms with Crippen molar-refractivity contribution in [1.82, 2.24) is 14.8 Å². The number of halogens is 2. The molecule has 1 fully saturated rings. The highest BCUT2D eigenvalue weighted by molar-refractivity contribution is 5.91. The first-order valence-electron chi connectivity index (χ1n) is 10.4. The molecule has 1 N–H and O–H groups in total. The van der Waals surface area contributed by atoms with Gasteiger partial charge in [0.1, 0.15) is 11.6 Å². The standard InChI is InChI=1S/C24H25F2N3O2/c1-28(2)24(31)16-11-12-29(14-16)22(30)10-8-19-20-13-18(26)7-9-21(20)27-23(19)15-3-5-17(25)6-4-15/h3-7,9,13,16,27H,8,10-12,14H2,1-2H3. The SMILES string of the molecule is CN(C)C(=O)C1CCN(C(=O)CCc2c(-c3ccc(F)cc3)[nH]c3ccc(F)cc23)C1. The van der Waals surface area contributed by atoms with Gasteiger partial charge in [-0.1, -0.05) is 0 Å². The molecule has 0 spiro atoms. The lowest BCUT2D eigenvalue weighted by Gasteiger charge is -2.18. The minimum atomic E-state index is -0.352. The predicted molar refractivity (Wildman–Crippen MR) is 115 cm³/mol. The summed E-state index contributed by atoms with van der Waals surface area (Å²) in [4.78, 5) is 31.6. The zero-order valence-electron chi connectivity index (χ0n) is 17.6. The van der Waals surface area contributed by atoms with Gasteiger partial charge in [-0.3, -0.25) is 9.59 Å². The maximum atomic E-state index is 13.9. The van der Waals surface area contributed by atoms with Crippen LogP contribution in [0.15, 0.2) is 42.5 Å². The van der Waals surface area contributed by atoms with E-state index in [1.165, 1.54) is 24.3 Å². The molecule has 1 aliphatic rings. The molecule has 3 aromatic rings. The number of likely N-dealkylation sites (tertiary alicyclic amines) is 1. The number of H-pyrrole nitrogens is 1. The number of aromatic nitrogens is 1. The van der Waals surface area contributed by atoms with Crippen molar-refractivity contribution < 1.29 is 18.4 Å². The summed E-state index contributed by atoms with van der Waals surface area (Å²) >= 11 is 0. The van der Waals surface area contributed by atoms with Crippen molar-refractivity contribution in [2.75, 3.05) is 27.2 Å². The van der Waals surface area contributed by atoms with Crippen molar-refractivity contribution in [2.24, 2.45) is 5.92 Å². The van der Waals surface area contributed by atoms with E-state index in [0.29, 0.717) is 31.3 Å². The van der Waals surface area contributed by atoms with Gasteiger partial charge < -0.3 is 14.8 Å². The molecule has 2 aromatic carbocycles. The second-order valence-corrected chi connectivity index (χ2v) is 8.23. The summed E-state index contributed by atoms with van der Waals surface area (Å²) in [6, 6.07) is 10.6. The van der Waals surface area contributed by atoms with E-state index in [9.17, 15) is 18.4 Å². The van der Waals surface area contributed by atoms with Gasteiger partial charge in [0.15, 0.2) is 0 Å². The number of aryl methyl sites for hydroxylation is 1. The zero-order valence-corrected chi connectivity index (χ0v) is 17.6. The number of fused-ring (bicyclic) bond motifs is 1. The first-order chi connectivity index (χ1) is 14.8. The van der Waals surface area contributed by atoms with E-state index in [0.717, 1.165) is 22.3 Å². The van der Waals surface area contributed by atoms with Crippen LogP contribution in [0.5, 0.6) is 0 Å². The van der Waals surface area contributed by atoms with Crippen LogP contribution in [0.25, 0.3) is 22.2 Å². The van der Waals surface area contributed by atoms with Gasteiger partial charge in [-0.05, 0) is 66.4 Å². The third-order valence-electron chi connectivity index (χ3n) is 5.92.